The third-order valence-corrected chi connectivity index (χ3v) is 2.48. The molecule has 0 aromatic heterocycles. The number of aliphatic carboxylic acids is 1. The maximum absolute atomic E-state index is 13.3. The van der Waals surface area contributed by atoms with Crippen molar-refractivity contribution in [3.05, 3.63) is 34.1 Å². The van der Waals surface area contributed by atoms with Crippen LogP contribution in [0.15, 0.2) is 22.7 Å². The average molecular weight is 290 g/mol. The highest BCUT2D eigenvalue weighted by atomic mass is 79.9. The van der Waals surface area contributed by atoms with Crippen molar-refractivity contribution < 1.29 is 19.1 Å². The number of hydrogen-bond acceptors (Lipinski definition) is 2. The number of amides is 1. The summed E-state index contributed by atoms with van der Waals surface area (Å²) in [7, 11) is 0. The fourth-order valence-electron chi connectivity index (χ4n) is 1.09. The van der Waals surface area contributed by atoms with Crippen LogP contribution in [0, 0.1) is 5.82 Å². The second kappa shape index (κ2) is 5.60. The van der Waals surface area contributed by atoms with Crippen molar-refractivity contribution >= 4 is 27.8 Å². The van der Waals surface area contributed by atoms with Gasteiger partial charge in [0, 0.05) is 11.0 Å². The standard InChI is InChI=1S/C10H9BrFNO3/c11-6-2-1-3-7(12)9(6)10(16)13-5-4-8(14)15/h1-3H,4-5H2,(H,13,16)(H,14,15). The maximum Gasteiger partial charge on any atom is 0.305 e. The number of benzene rings is 1. The van der Waals surface area contributed by atoms with E-state index >= 15 is 0 Å². The summed E-state index contributed by atoms with van der Waals surface area (Å²) in [5.41, 5.74) is -0.118. The zero-order valence-electron chi connectivity index (χ0n) is 8.17. The number of halogens is 2. The van der Waals surface area contributed by atoms with Gasteiger partial charge in [-0.15, -0.1) is 0 Å². The fourth-order valence-corrected chi connectivity index (χ4v) is 1.61. The average Bonchev–Trinajstić information content (AvgIpc) is 2.16. The Bertz CT molecular complexity index is 402. The quantitative estimate of drug-likeness (QED) is 0.888. The van der Waals surface area contributed by atoms with Crippen molar-refractivity contribution in [3.8, 4) is 0 Å². The Balaban J connectivity index is 2.70. The summed E-state index contributed by atoms with van der Waals surface area (Å²) in [5, 5.41) is 10.7. The predicted molar refractivity (Wildman–Crippen MR) is 58.7 cm³/mol. The predicted octanol–water partition coefficient (Wildman–Crippen LogP) is 1.79. The lowest BCUT2D eigenvalue weighted by Crippen LogP contribution is -2.27. The normalized spacial score (nSPS) is 9.88. The highest BCUT2D eigenvalue weighted by Gasteiger charge is 2.14. The van der Waals surface area contributed by atoms with Gasteiger partial charge in [-0.2, -0.15) is 0 Å². The number of rotatable bonds is 4. The van der Waals surface area contributed by atoms with Crippen LogP contribution >= 0.6 is 15.9 Å². The van der Waals surface area contributed by atoms with E-state index in [-0.39, 0.29) is 18.5 Å². The molecular formula is C10H9BrFNO3. The van der Waals surface area contributed by atoms with E-state index < -0.39 is 17.7 Å². The molecular weight excluding hydrogens is 281 g/mol. The van der Waals surface area contributed by atoms with Gasteiger partial charge >= 0.3 is 5.97 Å². The first-order chi connectivity index (χ1) is 7.52. The molecule has 0 aliphatic carbocycles. The van der Waals surface area contributed by atoms with E-state index in [4.69, 9.17) is 5.11 Å². The monoisotopic (exact) mass is 289 g/mol. The minimum Gasteiger partial charge on any atom is -0.481 e. The van der Waals surface area contributed by atoms with E-state index in [0.29, 0.717) is 4.47 Å². The molecule has 1 amide bonds. The molecule has 0 aliphatic rings. The third-order valence-electron chi connectivity index (χ3n) is 1.81. The second-order valence-electron chi connectivity index (χ2n) is 3.00. The molecule has 1 aromatic carbocycles. The highest BCUT2D eigenvalue weighted by Crippen LogP contribution is 2.19. The summed E-state index contributed by atoms with van der Waals surface area (Å²) in [6, 6.07) is 4.17. The molecule has 16 heavy (non-hydrogen) atoms. The van der Waals surface area contributed by atoms with Gasteiger partial charge in [0.2, 0.25) is 0 Å². The molecule has 1 aromatic rings. The van der Waals surface area contributed by atoms with Crippen molar-refractivity contribution in [2.75, 3.05) is 6.54 Å². The van der Waals surface area contributed by atoms with E-state index in [1.165, 1.54) is 12.1 Å². The topological polar surface area (TPSA) is 66.4 Å². The number of carboxylic acid groups (broad SMARTS) is 1. The SMILES string of the molecule is O=C(O)CCNC(=O)c1c(F)cccc1Br. The first-order valence-corrected chi connectivity index (χ1v) is 5.25. The highest BCUT2D eigenvalue weighted by molar-refractivity contribution is 9.10. The Labute approximate surface area is 99.6 Å². The Hall–Kier alpha value is -1.43. The molecule has 0 heterocycles. The van der Waals surface area contributed by atoms with Crippen LogP contribution in [0.3, 0.4) is 0 Å². The zero-order valence-corrected chi connectivity index (χ0v) is 9.75. The Morgan fingerprint density at radius 2 is 2.12 bits per heavy atom. The van der Waals surface area contributed by atoms with E-state index in [9.17, 15) is 14.0 Å². The van der Waals surface area contributed by atoms with Crippen molar-refractivity contribution in [3.63, 3.8) is 0 Å². The summed E-state index contributed by atoms with van der Waals surface area (Å²) in [6.45, 7) is -0.0328. The minimum atomic E-state index is -1.02. The van der Waals surface area contributed by atoms with Crippen molar-refractivity contribution in [2.24, 2.45) is 0 Å². The Morgan fingerprint density at radius 3 is 2.69 bits per heavy atom. The van der Waals surface area contributed by atoms with Crippen molar-refractivity contribution in [2.45, 2.75) is 6.42 Å². The van der Waals surface area contributed by atoms with Crippen molar-refractivity contribution in [1.82, 2.24) is 5.32 Å². The molecule has 0 bridgehead atoms. The lowest BCUT2D eigenvalue weighted by molar-refractivity contribution is -0.136. The zero-order chi connectivity index (χ0) is 12.1. The molecule has 0 aliphatic heterocycles. The Kier molecular flexibility index (Phi) is 4.42. The molecule has 0 saturated carbocycles. The van der Waals surface area contributed by atoms with Gasteiger partial charge in [-0.05, 0) is 28.1 Å². The summed E-state index contributed by atoms with van der Waals surface area (Å²) >= 11 is 3.05. The Morgan fingerprint density at radius 1 is 1.44 bits per heavy atom. The van der Waals surface area contributed by atoms with E-state index in [1.54, 1.807) is 0 Å². The smallest absolute Gasteiger partial charge is 0.305 e. The van der Waals surface area contributed by atoms with Crippen LogP contribution in [0.4, 0.5) is 4.39 Å². The fraction of sp³-hybridized carbons (Fsp3) is 0.200. The number of carboxylic acids is 1. The van der Waals surface area contributed by atoms with E-state index in [1.807, 2.05) is 0 Å². The van der Waals surface area contributed by atoms with E-state index in [0.717, 1.165) is 6.07 Å². The summed E-state index contributed by atoms with van der Waals surface area (Å²) < 4.78 is 13.6. The lowest BCUT2D eigenvalue weighted by atomic mass is 10.2. The van der Waals surface area contributed by atoms with Crippen LogP contribution in [0.1, 0.15) is 16.8 Å². The lowest BCUT2D eigenvalue weighted by Gasteiger charge is -2.06. The van der Waals surface area contributed by atoms with Crippen LogP contribution in [-0.4, -0.2) is 23.5 Å². The number of nitrogens with one attached hydrogen (secondary N) is 1. The molecule has 0 atom stereocenters. The van der Waals surface area contributed by atoms with Crippen LogP contribution < -0.4 is 5.32 Å². The molecule has 6 heteroatoms. The number of hydrogen-bond donors (Lipinski definition) is 2. The van der Waals surface area contributed by atoms with Crippen LogP contribution in [0.2, 0.25) is 0 Å². The van der Waals surface area contributed by atoms with Gasteiger partial charge in [-0.3, -0.25) is 9.59 Å². The molecule has 0 spiro atoms. The van der Waals surface area contributed by atoms with Gasteiger partial charge in [-0.25, -0.2) is 4.39 Å². The van der Waals surface area contributed by atoms with Gasteiger partial charge in [0.25, 0.3) is 5.91 Å². The van der Waals surface area contributed by atoms with Crippen LogP contribution in [0.5, 0.6) is 0 Å². The van der Waals surface area contributed by atoms with Gasteiger partial charge in [0.15, 0.2) is 0 Å². The molecule has 2 N–H and O–H groups in total. The van der Waals surface area contributed by atoms with Gasteiger partial charge in [-0.1, -0.05) is 6.07 Å². The first-order valence-electron chi connectivity index (χ1n) is 4.46. The van der Waals surface area contributed by atoms with Gasteiger partial charge in [0.05, 0.1) is 12.0 Å². The van der Waals surface area contributed by atoms with E-state index in [2.05, 4.69) is 21.2 Å². The summed E-state index contributed by atoms with van der Waals surface area (Å²) in [4.78, 5) is 21.7. The third kappa shape index (κ3) is 3.30. The molecule has 1 rings (SSSR count). The molecule has 0 saturated heterocycles. The van der Waals surface area contributed by atoms with Gasteiger partial charge in [0.1, 0.15) is 5.82 Å². The minimum absolute atomic E-state index is 0.0328. The molecule has 0 fully saturated rings. The van der Waals surface area contributed by atoms with Crippen molar-refractivity contribution in [1.29, 1.82) is 0 Å². The number of carbonyl (C=O) groups excluding carboxylic acids is 1. The molecule has 4 nitrogen and oxygen atoms in total. The summed E-state index contributed by atoms with van der Waals surface area (Å²) in [5.74, 6) is -2.30. The maximum atomic E-state index is 13.3. The van der Waals surface area contributed by atoms with Gasteiger partial charge < -0.3 is 10.4 Å². The summed E-state index contributed by atoms with van der Waals surface area (Å²) in [6.07, 6.45) is -0.197. The molecule has 0 unspecified atom stereocenters. The first kappa shape index (κ1) is 12.6. The molecule has 86 valence electrons. The second-order valence-corrected chi connectivity index (χ2v) is 3.85. The largest absolute Gasteiger partial charge is 0.481 e. The van der Waals surface area contributed by atoms with Crippen LogP contribution in [0.25, 0.3) is 0 Å². The van der Waals surface area contributed by atoms with Crippen LogP contribution in [-0.2, 0) is 4.79 Å². The number of carbonyl (C=O) groups is 2. The molecule has 0 radical (unpaired) electrons.